The molecule has 1 unspecified atom stereocenters. The molecule has 0 aliphatic carbocycles. The maximum absolute atomic E-state index is 9.75. The first kappa shape index (κ1) is 11.2. The SMILES string of the molecule is CC(C)(C)C(C)(Cl)C(C)(C)O. The zero-order valence-corrected chi connectivity index (χ0v) is 9.08. The molecule has 1 nitrogen and oxygen atoms in total. The summed E-state index contributed by atoms with van der Waals surface area (Å²) < 4.78 is 0. The Morgan fingerprint density at radius 2 is 1.18 bits per heavy atom. The van der Waals surface area contributed by atoms with Crippen LogP contribution in [-0.4, -0.2) is 15.6 Å². The van der Waals surface area contributed by atoms with Crippen LogP contribution in [0.15, 0.2) is 0 Å². The lowest BCUT2D eigenvalue weighted by atomic mass is 9.72. The second kappa shape index (κ2) is 2.63. The molecule has 0 radical (unpaired) electrons. The first-order valence-corrected chi connectivity index (χ1v) is 4.29. The molecule has 0 saturated heterocycles. The van der Waals surface area contributed by atoms with Crippen LogP contribution in [0.25, 0.3) is 0 Å². The smallest absolute Gasteiger partial charge is 0.0785 e. The molecule has 0 heterocycles. The lowest BCUT2D eigenvalue weighted by molar-refractivity contribution is -0.00416. The molecule has 1 atom stereocenters. The van der Waals surface area contributed by atoms with Crippen LogP contribution in [-0.2, 0) is 0 Å². The molecule has 0 aromatic rings. The second-order valence-corrected chi connectivity index (χ2v) is 5.57. The van der Waals surface area contributed by atoms with E-state index in [-0.39, 0.29) is 5.41 Å². The van der Waals surface area contributed by atoms with E-state index in [1.165, 1.54) is 0 Å². The van der Waals surface area contributed by atoms with Gasteiger partial charge in [-0.25, -0.2) is 0 Å². The van der Waals surface area contributed by atoms with E-state index in [4.69, 9.17) is 11.6 Å². The van der Waals surface area contributed by atoms with Crippen LogP contribution >= 0.6 is 11.6 Å². The van der Waals surface area contributed by atoms with Gasteiger partial charge in [0, 0.05) is 0 Å². The highest BCUT2D eigenvalue weighted by Gasteiger charge is 2.46. The van der Waals surface area contributed by atoms with Crippen molar-refractivity contribution in [1.82, 2.24) is 0 Å². The average molecular weight is 179 g/mol. The lowest BCUT2D eigenvalue weighted by Gasteiger charge is -2.45. The van der Waals surface area contributed by atoms with Crippen LogP contribution in [0.5, 0.6) is 0 Å². The van der Waals surface area contributed by atoms with Crippen molar-refractivity contribution < 1.29 is 5.11 Å². The van der Waals surface area contributed by atoms with E-state index in [1.807, 2.05) is 27.7 Å². The molecule has 0 fully saturated rings. The fourth-order valence-corrected chi connectivity index (χ4v) is 0.918. The average Bonchev–Trinajstić information content (AvgIpc) is 1.58. The van der Waals surface area contributed by atoms with Crippen molar-refractivity contribution in [1.29, 1.82) is 0 Å². The maximum Gasteiger partial charge on any atom is 0.0785 e. The second-order valence-electron chi connectivity index (χ2n) is 4.81. The predicted octanol–water partition coefficient (Wildman–Crippen LogP) is 2.80. The van der Waals surface area contributed by atoms with Gasteiger partial charge in [-0.05, 0) is 26.2 Å². The lowest BCUT2D eigenvalue weighted by Crippen LogP contribution is -2.51. The van der Waals surface area contributed by atoms with Crippen LogP contribution in [0, 0.1) is 5.41 Å². The molecule has 0 spiro atoms. The Labute approximate surface area is 74.8 Å². The number of rotatable bonds is 1. The molecule has 0 rings (SSSR count). The highest BCUT2D eigenvalue weighted by molar-refractivity contribution is 6.25. The Bertz CT molecular complexity index is 121. The molecule has 0 bridgehead atoms. The van der Waals surface area contributed by atoms with Gasteiger partial charge in [0.2, 0.25) is 0 Å². The zero-order valence-electron chi connectivity index (χ0n) is 8.33. The minimum Gasteiger partial charge on any atom is -0.389 e. The Kier molecular flexibility index (Phi) is 2.69. The summed E-state index contributed by atoms with van der Waals surface area (Å²) in [6.45, 7) is 11.4. The van der Waals surface area contributed by atoms with E-state index in [2.05, 4.69) is 0 Å². The predicted molar refractivity (Wildman–Crippen MR) is 50.0 cm³/mol. The largest absolute Gasteiger partial charge is 0.389 e. The monoisotopic (exact) mass is 178 g/mol. The highest BCUT2D eigenvalue weighted by atomic mass is 35.5. The molecular formula is C9H19ClO. The van der Waals surface area contributed by atoms with Gasteiger partial charge in [-0.3, -0.25) is 0 Å². The van der Waals surface area contributed by atoms with Crippen LogP contribution in [0.1, 0.15) is 41.5 Å². The van der Waals surface area contributed by atoms with Crippen molar-refractivity contribution in [3.63, 3.8) is 0 Å². The van der Waals surface area contributed by atoms with E-state index in [1.54, 1.807) is 13.8 Å². The molecule has 0 aliphatic rings. The number of aliphatic hydroxyl groups is 1. The molecule has 0 aromatic carbocycles. The summed E-state index contributed by atoms with van der Waals surface area (Å²) in [5.74, 6) is 0. The maximum atomic E-state index is 9.75. The first-order valence-electron chi connectivity index (χ1n) is 3.91. The quantitative estimate of drug-likeness (QED) is 0.613. The molecule has 68 valence electrons. The van der Waals surface area contributed by atoms with Gasteiger partial charge < -0.3 is 5.11 Å². The van der Waals surface area contributed by atoms with E-state index in [0.29, 0.717) is 0 Å². The van der Waals surface area contributed by atoms with E-state index in [0.717, 1.165) is 0 Å². The van der Waals surface area contributed by atoms with Crippen LogP contribution in [0.4, 0.5) is 0 Å². The fraction of sp³-hybridized carbons (Fsp3) is 1.00. The highest BCUT2D eigenvalue weighted by Crippen LogP contribution is 2.43. The minimum atomic E-state index is -0.854. The molecule has 0 amide bonds. The van der Waals surface area contributed by atoms with E-state index in [9.17, 15) is 5.11 Å². The third kappa shape index (κ3) is 2.09. The van der Waals surface area contributed by atoms with Crippen LogP contribution in [0.2, 0.25) is 0 Å². The molecule has 11 heavy (non-hydrogen) atoms. The van der Waals surface area contributed by atoms with Crippen molar-refractivity contribution in [3.8, 4) is 0 Å². The van der Waals surface area contributed by atoms with Crippen molar-refractivity contribution in [2.75, 3.05) is 0 Å². The first-order chi connectivity index (χ1) is 4.50. The molecule has 0 aromatic heterocycles. The number of alkyl halides is 1. The Morgan fingerprint density at radius 3 is 1.18 bits per heavy atom. The molecule has 1 N–H and O–H groups in total. The van der Waals surface area contributed by atoms with Crippen molar-refractivity contribution >= 4 is 11.6 Å². The molecule has 0 saturated carbocycles. The summed E-state index contributed by atoms with van der Waals surface area (Å²) in [6, 6.07) is 0. The summed E-state index contributed by atoms with van der Waals surface area (Å²) >= 11 is 6.24. The zero-order chi connectivity index (χ0) is 9.50. The summed E-state index contributed by atoms with van der Waals surface area (Å²) in [4.78, 5) is -0.597. The van der Waals surface area contributed by atoms with Gasteiger partial charge in [0.25, 0.3) is 0 Å². The van der Waals surface area contributed by atoms with Crippen LogP contribution < -0.4 is 0 Å². The van der Waals surface area contributed by atoms with Gasteiger partial charge in [0.15, 0.2) is 0 Å². The van der Waals surface area contributed by atoms with Gasteiger partial charge >= 0.3 is 0 Å². The summed E-state index contributed by atoms with van der Waals surface area (Å²) in [5.41, 5.74) is -0.959. The Morgan fingerprint density at radius 1 is 0.909 bits per heavy atom. The van der Waals surface area contributed by atoms with E-state index >= 15 is 0 Å². The van der Waals surface area contributed by atoms with Gasteiger partial charge in [0.1, 0.15) is 0 Å². The third-order valence-electron chi connectivity index (χ3n) is 2.56. The standard InChI is InChI=1S/C9H19ClO/c1-7(2,3)9(6,10)8(4,5)11/h11H,1-6H3. The number of hydrogen-bond acceptors (Lipinski definition) is 1. The minimum absolute atomic E-state index is 0.104. The summed E-state index contributed by atoms with van der Waals surface area (Å²) in [7, 11) is 0. The fourth-order valence-electron chi connectivity index (χ4n) is 0.918. The topological polar surface area (TPSA) is 20.2 Å². The normalized spacial score (nSPS) is 19.6. The van der Waals surface area contributed by atoms with Gasteiger partial charge in [-0.15, -0.1) is 11.6 Å². The summed E-state index contributed by atoms with van der Waals surface area (Å²) in [6.07, 6.45) is 0. The summed E-state index contributed by atoms with van der Waals surface area (Å²) in [5, 5.41) is 9.75. The molecular weight excluding hydrogens is 160 g/mol. The Balaban J connectivity index is 4.75. The van der Waals surface area contributed by atoms with Gasteiger partial charge in [-0.1, -0.05) is 20.8 Å². The molecule has 0 aliphatic heterocycles. The van der Waals surface area contributed by atoms with Crippen molar-refractivity contribution in [3.05, 3.63) is 0 Å². The van der Waals surface area contributed by atoms with Crippen LogP contribution in [0.3, 0.4) is 0 Å². The van der Waals surface area contributed by atoms with E-state index < -0.39 is 10.5 Å². The Hall–Kier alpha value is 0.250. The van der Waals surface area contributed by atoms with Crippen molar-refractivity contribution in [2.45, 2.75) is 52.0 Å². The van der Waals surface area contributed by atoms with Crippen molar-refractivity contribution in [2.24, 2.45) is 5.41 Å². The number of halogens is 1. The third-order valence-corrected chi connectivity index (χ3v) is 3.59. The number of hydrogen-bond donors (Lipinski definition) is 1. The molecule has 2 heteroatoms. The van der Waals surface area contributed by atoms with Gasteiger partial charge in [0.05, 0.1) is 10.5 Å². The van der Waals surface area contributed by atoms with Gasteiger partial charge in [-0.2, -0.15) is 0 Å².